The molecule has 1 aliphatic heterocycles. The van der Waals surface area contributed by atoms with Gasteiger partial charge in [0.05, 0.1) is 16.8 Å². The zero-order valence-electron chi connectivity index (χ0n) is 18.4. The van der Waals surface area contributed by atoms with Gasteiger partial charge in [-0.3, -0.25) is 9.59 Å². The molecule has 6 heteroatoms. The number of nitrogens with zero attached hydrogens (tertiary/aromatic N) is 3. The molecule has 162 valence electrons. The second-order valence-electron chi connectivity index (χ2n) is 8.48. The molecule has 0 aliphatic carbocycles. The molecule has 2 atom stereocenters. The van der Waals surface area contributed by atoms with E-state index in [1.54, 1.807) is 0 Å². The Bertz CT molecular complexity index is 1080. The van der Waals surface area contributed by atoms with Crippen LogP contribution in [-0.4, -0.2) is 44.0 Å². The molecule has 4 rings (SSSR count). The summed E-state index contributed by atoms with van der Waals surface area (Å²) >= 11 is 1.40. The van der Waals surface area contributed by atoms with E-state index in [1.165, 1.54) is 18.2 Å². The van der Waals surface area contributed by atoms with Gasteiger partial charge in [-0.25, -0.2) is 4.98 Å². The predicted octanol–water partition coefficient (Wildman–Crippen LogP) is 5.11. The van der Waals surface area contributed by atoms with Crippen molar-refractivity contribution in [3.63, 3.8) is 0 Å². The van der Waals surface area contributed by atoms with Crippen molar-refractivity contribution in [1.82, 2.24) is 14.5 Å². The minimum absolute atomic E-state index is 0.0632. The monoisotopic (exact) mass is 435 g/mol. The fourth-order valence-corrected chi connectivity index (χ4v) is 5.31. The first kappa shape index (κ1) is 21.6. The van der Waals surface area contributed by atoms with Crippen molar-refractivity contribution in [1.29, 1.82) is 0 Å². The number of likely N-dealkylation sites (tertiary alicyclic amines) is 1. The van der Waals surface area contributed by atoms with Crippen molar-refractivity contribution >= 4 is 34.5 Å². The third-order valence-electron chi connectivity index (χ3n) is 6.10. The van der Waals surface area contributed by atoms with E-state index < -0.39 is 0 Å². The number of carbonyl (C=O) groups is 2. The lowest BCUT2D eigenvalue weighted by atomic mass is 9.97. The van der Waals surface area contributed by atoms with Crippen LogP contribution >= 0.6 is 11.8 Å². The lowest BCUT2D eigenvalue weighted by molar-refractivity contribution is -0.138. The molecule has 5 nitrogen and oxygen atoms in total. The van der Waals surface area contributed by atoms with Gasteiger partial charge in [-0.05, 0) is 52.2 Å². The molecule has 1 saturated heterocycles. The van der Waals surface area contributed by atoms with Crippen LogP contribution in [-0.2, 0) is 11.3 Å². The summed E-state index contributed by atoms with van der Waals surface area (Å²) in [6.45, 7) is 6.52. The third-order valence-corrected chi connectivity index (χ3v) is 7.08. The van der Waals surface area contributed by atoms with E-state index >= 15 is 0 Å². The first-order valence-electron chi connectivity index (χ1n) is 10.9. The van der Waals surface area contributed by atoms with E-state index in [0.717, 1.165) is 29.4 Å². The molecule has 1 aliphatic rings. The van der Waals surface area contributed by atoms with Gasteiger partial charge in [0.25, 0.3) is 0 Å². The Balaban J connectivity index is 1.56. The van der Waals surface area contributed by atoms with Gasteiger partial charge in [0.1, 0.15) is 6.54 Å². The highest BCUT2D eigenvalue weighted by molar-refractivity contribution is 7.99. The van der Waals surface area contributed by atoms with Crippen molar-refractivity contribution in [2.45, 2.75) is 63.8 Å². The summed E-state index contributed by atoms with van der Waals surface area (Å²) in [7, 11) is 0. The quantitative estimate of drug-likeness (QED) is 0.399. The number of aryl methyl sites for hydroxylation is 1. The second kappa shape index (κ2) is 9.27. The lowest BCUT2D eigenvalue weighted by Crippen LogP contribution is -2.48. The Labute approximate surface area is 187 Å². The number of para-hydroxylation sites is 2. The zero-order valence-corrected chi connectivity index (χ0v) is 19.2. The highest BCUT2D eigenvalue weighted by atomic mass is 32.2. The SMILES string of the molecule is Cc1ccc(C(=O)CSc2nc3ccccc3n2CC(=O)N2[C@H](C)CCC[C@H]2C)cc1. The maximum atomic E-state index is 13.3. The summed E-state index contributed by atoms with van der Waals surface area (Å²) in [4.78, 5) is 32.7. The number of benzene rings is 2. The Morgan fingerprint density at radius 1 is 1.03 bits per heavy atom. The summed E-state index contributed by atoms with van der Waals surface area (Å²) in [5, 5.41) is 0.715. The highest BCUT2D eigenvalue weighted by Gasteiger charge is 2.29. The molecule has 1 fully saturated rings. The van der Waals surface area contributed by atoms with E-state index in [4.69, 9.17) is 4.98 Å². The van der Waals surface area contributed by atoms with E-state index in [1.807, 2.05) is 64.9 Å². The number of aromatic nitrogens is 2. The van der Waals surface area contributed by atoms with Crippen molar-refractivity contribution < 1.29 is 9.59 Å². The molecule has 0 saturated carbocycles. The van der Waals surface area contributed by atoms with E-state index in [-0.39, 0.29) is 36.1 Å². The van der Waals surface area contributed by atoms with Crippen LogP contribution in [0, 0.1) is 6.92 Å². The highest BCUT2D eigenvalue weighted by Crippen LogP contribution is 2.27. The number of amides is 1. The van der Waals surface area contributed by atoms with Crippen LogP contribution in [0.25, 0.3) is 11.0 Å². The Morgan fingerprint density at radius 3 is 2.42 bits per heavy atom. The van der Waals surface area contributed by atoms with E-state index in [9.17, 15) is 9.59 Å². The lowest BCUT2D eigenvalue weighted by Gasteiger charge is -2.39. The van der Waals surface area contributed by atoms with Gasteiger partial charge in [0, 0.05) is 17.6 Å². The number of hydrogen-bond acceptors (Lipinski definition) is 4. The number of Topliss-reactive ketones (excluding diaryl/α,β-unsaturated/α-hetero) is 1. The van der Waals surface area contributed by atoms with Crippen LogP contribution in [0.5, 0.6) is 0 Å². The number of ketones is 1. The van der Waals surface area contributed by atoms with E-state index in [2.05, 4.69) is 13.8 Å². The van der Waals surface area contributed by atoms with Crippen LogP contribution in [0.3, 0.4) is 0 Å². The number of fused-ring (bicyclic) bond motifs is 1. The van der Waals surface area contributed by atoms with Crippen LogP contribution < -0.4 is 0 Å². The van der Waals surface area contributed by atoms with Gasteiger partial charge in [0.2, 0.25) is 5.91 Å². The number of imidazole rings is 1. The number of hydrogen-bond donors (Lipinski definition) is 0. The van der Waals surface area contributed by atoms with Gasteiger partial charge in [-0.2, -0.15) is 0 Å². The molecule has 2 aromatic carbocycles. The van der Waals surface area contributed by atoms with Gasteiger partial charge < -0.3 is 9.47 Å². The summed E-state index contributed by atoms with van der Waals surface area (Å²) in [5.41, 5.74) is 3.61. The molecule has 31 heavy (non-hydrogen) atoms. The molecule has 0 spiro atoms. The van der Waals surface area contributed by atoms with Gasteiger partial charge in [-0.1, -0.05) is 53.7 Å². The van der Waals surface area contributed by atoms with Crippen LogP contribution in [0.4, 0.5) is 0 Å². The van der Waals surface area contributed by atoms with Gasteiger partial charge in [-0.15, -0.1) is 0 Å². The minimum Gasteiger partial charge on any atom is -0.336 e. The first-order chi connectivity index (χ1) is 14.9. The topological polar surface area (TPSA) is 55.2 Å². The molecule has 0 bridgehead atoms. The molecule has 1 amide bonds. The Morgan fingerprint density at radius 2 is 1.71 bits per heavy atom. The fraction of sp³-hybridized carbons (Fsp3) is 0.400. The maximum absolute atomic E-state index is 13.3. The molecule has 0 N–H and O–H groups in total. The van der Waals surface area contributed by atoms with Crippen molar-refractivity contribution in [3.8, 4) is 0 Å². The zero-order chi connectivity index (χ0) is 22.0. The standard InChI is InChI=1S/C25H29N3O2S/c1-17-11-13-20(14-12-17)23(29)16-31-25-26-21-9-4-5-10-22(21)27(25)15-24(30)28-18(2)7-6-8-19(28)3/h4-5,9-14,18-19H,6-8,15-16H2,1-3H3/t18-,19-/m1/s1. The molecular weight excluding hydrogens is 406 g/mol. The van der Waals surface area contributed by atoms with Gasteiger partial charge in [0.15, 0.2) is 10.9 Å². The molecule has 0 radical (unpaired) electrons. The van der Waals surface area contributed by atoms with E-state index in [0.29, 0.717) is 10.7 Å². The largest absolute Gasteiger partial charge is 0.336 e. The fourth-order valence-electron chi connectivity index (χ4n) is 4.40. The van der Waals surface area contributed by atoms with Gasteiger partial charge >= 0.3 is 0 Å². The normalized spacial score (nSPS) is 19.0. The Kier molecular flexibility index (Phi) is 6.46. The molecular formula is C25H29N3O2S. The predicted molar refractivity (Wildman–Crippen MR) is 126 cm³/mol. The van der Waals surface area contributed by atoms with Crippen LogP contribution in [0.15, 0.2) is 53.7 Å². The number of rotatable bonds is 6. The summed E-state index contributed by atoms with van der Waals surface area (Å²) < 4.78 is 1.97. The Hall–Kier alpha value is -2.60. The minimum atomic E-state index is 0.0632. The smallest absolute Gasteiger partial charge is 0.243 e. The first-order valence-corrected chi connectivity index (χ1v) is 11.9. The number of carbonyl (C=O) groups excluding carboxylic acids is 2. The van der Waals surface area contributed by atoms with Crippen molar-refractivity contribution in [2.75, 3.05) is 5.75 Å². The molecule has 0 unspecified atom stereocenters. The van der Waals surface area contributed by atoms with Crippen LogP contribution in [0.2, 0.25) is 0 Å². The number of piperidine rings is 1. The average Bonchev–Trinajstić information content (AvgIpc) is 3.10. The molecule has 1 aromatic heterocycles. The summed E-state index contributed by atoms with van der Waals surface area (Å²) in [6.07, 6.45) is 3.27. The molecule has 2 heterocycles. The van der Waals surface area contributed by atoms with Crippen LogP contribution in [0.1, 0.15) is 49.0 Å². The maximum Gasteiger partial charge on any atom is 0.243 e. The number of thioether (sulfide) groups is 1. The third kappa shape index (κ3) is 4.69. The molecule has 3 aromatic rings. The summed E-state index contributed by atoms with van der Waals surface area (Å²) in [5.74, 6) is 0.472. The average molecular weight is 436 g/mol. The second-order valence-corrected chi connectivity index (χ2v) is 9.42. The summed E-state index contributed by atoms with van der Waals surface area (Å²) in [6, 6.07) is 16.0. The van der Waals surface area contributed by atoms with Crippen molar-refractivity contribution in [2.24, 2.45) is 0 Å². The van der Waals surface area contributed by atoms with Crippen molar-refractivity contribution in [3.05, 3.63) is 59.7 Å².